The molecule has 1 aromatic carbocycles. The van der Waals surface area contributed by atoms with Crippen molar-refractivity contribution in [1.82, 2.24) is 0 Å². The Kier molecular flexibility index (Phi) is 4.27. The average Bonchev–Trinajstić information content (AvgIpc) is 2.88. The maximum atomic E-state index is 6.17. The second-order valence-corrected chi connectivity index (χ2v) is 6.85. The van der Waals surface area contributed by atoms with Crippen LogP contribution >= 0.6 is 22.9 Å². The highest BCUT2D eigenvalue weighted by molar-refractivity contribution is 7.16. The number of anilines is 1. The third-order valence-electron chi connectivity index (χ3n) is 3.82. The third kappa shape index (κ3) is 2.97. The molecule has 1 unspecified atom stereocenters. The second-order valence-electron chi connectivity index (χ2n) is 5.08. The Morgan fingerprint density at radius 3 is 2.86 bits per heavy atom. The summed E-state index contributed by atoms with van der Waals surface area (Å²) in [6.07, 6.45) is 3.40. The molecule has 1 atom stereocenters. The maximum Gasteiger partial charge on any atom is 0.142 e. The summed E-state index contributed by atoms with van der Waals surface area (Å²) in [5.41, 5.74) is 2.28. The van der Waals surface area contributed by atoms with E-state index in [4.69, 9.17) is 21.1 Å². The SMILES string of the molecule is COc1ccc(OC)c(NC2CCCc3sc(Cl)cc32)c1. The molecule has 0 amide bonds. The van der Waals surface area contributed by atoms with Gasteiger partial charge in [0.05, 0.1) is 30.3 Å². The van der Waals surface area contributed by atoms with Gasteiger partial charge in [0, 0.05) is 10.9 Å². The summed E-state index contributed by atoms with van der Waals surface area (Å²) in [7, 11) is 3.35. The van der Waals surface area contributed by atoms with Gasteiger partial charge in [-0.2, -0.15) is 0 Å². The van der Waals surface area contributed by atoms with Crippen LogP contribution in [0.2, 0.25) is 4.34 Å². The number of hydrogen-bond acceptors (Lipinski definition) is 4. The molecule has 2 aromatic rings. The summed E-state index contributed by atoms with van der Waals surface area (Å²) < 4.78 is 11.6. The van der Waals surface area contributed by atoms with Gasteiger partial charge in [0.25, 0.3) is 0 Å². The van der Waals surface area contributed by atoms with Gasteiger partial charge in [0.15, 0.2) is 0 Å². The number of thiophene rings is 1. The Balaban J connectivity index is 1.90. The first-order valence-electron chi connectivity index (χ1n) is 6.98. The molecule has 0 saturated heterocycles. The molecular weight excluding hydrogens is 306 g/mol. The predicted octanol–water partition coefficient (Wildman–Crippen LogP) is 4.91. The lowest BCUT2D eigenvalue weighted by Crippen LogP contribution is -2.16. The van der Waals surface area contributed by atoms with Crippen LogP contribution in [-0.2, 0) is 6.42 Å². The number of benzene rings is 1. The minimum atomic E-state index is 0.276. The van der Waals surface area contributed by atoms with E-state index in [1.807, 2.05) is 18.2 Å². The molecule has 0 spiro atoms. The quantitative estimate of drug-likeness (QED) is 0.867. The van der Waals surface area contributed by atoms with E-state index in [0.717, 1.165) is 34.4 Å². The lowest BCUT2D eigenvalue weighted by atomic mass is 9.94. The highest BCUT2D eigenvalue weighted by Crippen LogP contribution is 2.41. The fourth-order valence-electron chi connectivity index (χ4n) is 2.79. The van der Waals surface area contributed by atoms with E-state index < -0.39 is 0 Å². The highest BCUT2D eigenvalue weighted by Gasteiger charge is 2.23. The summed E-state index contributed by atoms with van der Waals surface area (Å²) in [5, 5.41) is 3.59. The molecule has 1 heterocycles. The summed E-state index contributed by atoms with van der Waals surface area (Å²) in [6.45, 7) is 0. The summed E-state index contributed by atoms with van der Waals surface area (Å²) in [4.78, 5) is 1.39. The predicted molar refractivity (Wildman–Crippen MR) is 88.2 cm³/mol. The molecule has 0 fully saturated rings. The zero-order chi connectivity index (χ0) is 14.8. The fraction of sp³-hybridized carbons (Fsp3) is 0.375. The summed E-state index contributed by atoms with van der Waals surface area (Å²) >= 11 is 7.86. The van der Waals surface area contributed by atoms with Crippen LogP contribution in [0, 0.1) is 0 Å². The van der Waals surface area contributed by atoms with Gasteiger partial charge in [-0.3, -0.25) is 0 Å². The van der Waals surface area contributed by atoms with Gasteiger partial charge in [-0.05, 0) is 43.0 Å². The van der Waals surface area contributed by atoms with Crippen molar-refractivity contribution < 1.29 is 9.47 Å². The molecule has 5 heteroatoms. The molecule has 21 heavy (non-hydrogen) atoms. The van der Waals surface area contributed by atoms with Gasteiger partial charge in [0.2, 0.25) is 0 Å². The van der Waals surface area contributed by atoms with Crippen LogP contribution in [-0.4, -0.2) is 14.2 Å². The highest BCUT2D eigenvalue weighted by atomic mass is 35.5. The number of halogens is 1. The van der Waals surface area contributed by atoms with Crippen molar-refractivity contribution in [2.45, 2.75) is 25.3 Å². The first-order chi connectivity index (χ1) is 10.2. The summed E-state index contributed by atoms with van der Waals surface area (Å²) in [5.74, 6) is 1.64. The van der Waals surface area contributed by atoms with E-state index in [9.17, 15) is 0 Å². The molecule has 0 aliphatic heterocycles. The smallest absolute Gasteiger partial charge is 0.142 e. The Bertz CT molecular complexity index is 641. The van der Waals surface area contributed by atoms with Crippen LogP contribution in [0.25, 0.3) is 0 Å². The average molecular weight is 324 g/mol. The Hall–Kier alpha value is -1.39. The number of nitrogens with one attached hydrogen (secondary N) is 1. The lowest BCUT2D eigenvalue weighted by Gasteiger charge is -2.25. The standard InChI is InChI=1S/C16H18ClNO2S/c1-19-10-6-7-14(20-2)13(8-10)18-12-4-3-5-15-11(12)9-16(17)21-15/h6-9,12,18H,3-5H2,1-2H3. The van der Waals surface area contributed by atoms with Crippen molar-refractivity contribution in [3.05, 3.63) is 39.0 Å². The molecule has 1 N–H and O–H groups in total. The number of methoxy groups -OCH3 is 2. The van der Waals surface area contributed by atoms with Crippen molar-refractivity contribution in [3.8, 4) is 11.5 Å². The maximum absolute atomic E-state index is 6.17. The van der Waals surface area contributed by atoms with Crippen LogP contribution in [0.4, 0.5) is 5.69 Å². The monoisotopic (exact) mass is 323 g/mol. The Morgan fingerprint density at radius 2 is 2.10 bits per heavy atom. The summed E-state index contributed by atoms with van der Waals surface area (Å²) in [6, 6.07) is 8.16. The number of aryl methyl sites for hydroxylation is 1. The zero-order valence-corrected chi connectivity index (χ0v) is 13.7. The third-order valence-corrected chi connectivity index (χ3v) is 5.16. The van der Waals surface area contributed by atoms with E-state index in [1.165, 1.54) is 16.9 Å². The second kappa shape index (κ2) is 6.16. The molecular formula is C16H18ClNO2S. The Labute approximate surface area is 133 Å². The minimum Gasteiger partial charge on any atom is -0.497 e. The molecule has 0 saturated carbocycles. The molecule has 1 aliphatic carbocycles. The van der Waals surface area contributed by atoms with Crippen molar-refractivity contribution in [2.24, 2.45) is 0 Å². The minimum absolute atomic E-state index is 0.276. The van der Waals surface area contributed by atoms with Gasteiger partial charge >= 0.3 is 0 Å². The van der Waals surface area contributed by atoms with Crippen LogP contribution in [0.15, 0.2) is 24.3 Å². The normalized spacial score (nSPS) is 17.2. The van der Waals surface area contributed by atoms with Gasteiger partial charge in [-0.15, -0.1) is 11.3 Å². The molecule has 112 valence electrons. The van der Waals surface area contributed by atoms with E-state index >= 15 is 0 Å². The van der Waals surface area contributed by atoms with Crippen molar-refractivity contribution >= 4 is 28.6 Å². The van der Waals surface area contributed by atoms with Gasteiger partial charge in [-0.25, -0.2) is 0 Å². The molecule has 0 radical (unpaired) electrons. The molecule has 3 rings (SSSR count). The zero-order valence-electron chi connectivity index (χ0n) is 12.1. The number of hydrogen-bond donors (Lipinski definition) is 1. The van der Waals surface area contributed by atoms with Crippen molar-refractivity contribution in [1.29, 1.82) is 0 Å². The first-order valence-corrected chi connectivity index (χ1v) is 8.17. The molecule has 1 aliphatic rings. The van der Waals surface area contributed by atoms with Gasteiger partial charge in [-0.1, -0.05) is 11.6 Å². The number of rotatable bonds is 4. The van der Waals surface area contributed by atoms with Crippen molar-refractivity contribution in [2.75, 3.05) is 19.5 Å². The van der Waals surface area contributed by atoms with E-state index in [-0.39, 0.29) is 6.04 Å². The molecule has 3 nitrogen and oxygen atoms in total. The van der Waals surface area contributed by atoms with Crippen LogP contribution in [0.5, 0.6) is 11.5 Å². The topological polar surface area (TPSA) is 30.5 Å². The van der Waals surface area contributed by atoms with E-state index in [2.05, 4.69) is 11.4 Å². The molecule has 0 bridgehead atoms. The Morgan fingerprint density at radius 1 is 1.24 bits per heavy atom. The van der Waals surface area contributed by atoms with Gasteiger partial charge < -0.3 is 14.8 Å². The van der Waals surface area contributed by atoms with Gasteiger partial charge in [0.1, 0.15) is 11.5 Å². The van der Waals surface area contributed by atoms with Crippen molar-refractivity contribution in [3.63, 3.8) is 0 Å². The molecule has 1 aromatic heterocycles. The fourth-order valence-corrected chi connectivity index (χ4v) is 4.17. The van der Waals surface area contributed by atoms with E-state index in [0.29, 0.717) is 0 Å². The van der Waals surface area contributed by atoms with E-state index in [1.54, 1.807) is 25.6 Å². The van der Waals surface area contributed by atoms with Crippen LogP contribution in [0.1, 0.15) is 29.3 Å². The van der Waals surface area contributed by atoms with Crippen LogP contribution < -0.4 is 14.8 Å². The lowest BCUT2D eigenvalue weighted by molar-refractivity contribution is 0.404. The number of ether oxygens (including phenoxy) is 2. The number of fused-ring (bicyclic) bond motifs is 1. The first kappa shape index (κ1) is 14.5. The largest absolute Gasteiger partial charge is 0.497 e. The van der Waals surface area contributed by atoms with Crippen LogP contribution in [0.3, 0.4) is 0 Å².